The monoisotopic (exact) mass is 1050 g/mol. The van der Waals surface area contributed by atoms with Gasteiger partial charge in [0.2, 0.25) is 0 Å². The van der Waals surface area contributed by atoms with Gasteiger partial charge >= 0.3 is 0 Å². The Morgan fingerprint density at radius 3 is 1.01 bits per heavy atom. The summed E-state index contributed by atoms with van der Waals surface area (Å²) in [5.74, 6) is -0.453. The summed E-state index contributed by atoms with van der Waals surface area (Å²) in [5, 5.41) is 0. The molecule has 0 bridgehead atoms. The summed E-state index contributed by atoms with van der Waals surface area (Å²) in [4.78, 5) is 8.90. The standard InChI is InChI=1S/C61H88F2N2S5/c1-7-11-15-19-22-23-27-31-35-47(34-30-26-21-17-13-9-3)41-49-43-53(69-61(49)51-39-37-45(6)67-51)55-57(63)56(62)54(58-59(55)65-70-64-58)52-42-48(60(68-52)50-38-36-44(5)66-50)40-46(32-28-24-18-14-10-4)33-29-25-20-16-12-8-2/h36-39,42-43,46-47H,7-35,40-41H2,1-6H3. The van der Waals surface area contributed by atoms with Crippen LogP contribution in [0.2, 0.25) is 0 Å². The highest BCUT2D eigenvalue weighted by molar-refractivity contribution is 7.24. The zero-order valence-corrected chi connectivity index (χ0v) is 48.3. The van der Waals surface area contributed by atoms with Crippen LogP contribution in [0.25, 0.3) is 51.4 Å². The second-order valence-corrected chi connectivity index (χ2v) is 26.0. The van der Waals surface area contributed by atoms with E-state index in [1.807, 2.05) is 0 Å². The lowest BCUT2D eigenvalue weighted by Crippen LogP contribution is -2.05. The number of aryl methyl sites for hydroxylation is 2. The van der Waals surface area contributed by atoms with Crippen molar-refractivity contribution in [3.63, 3.8) is 0 Å². The van der Waals surface area contributed by atoms with Crippen molar-refractivity contribution >= 4 is 68.1 Å². The number of thiophene rings is 4. The van der Waals surface area contributed by atoms with Crippen LogP contribution in [0.3, 0.4) is 0 Å². The van der Waals surface area contributed by atoms with E-state index in [4.69, 9.17) is 8.75 Å². The zero-order chi connectivity index (χ0) is 49.5. The van der Waals surface area contributed by atoms with E-state index in [-0.39, 0.29) is 11.1 Å². The number of hydrogen-bond acceptors (Lipinski definition) is 7. The molecular formula is C61H88F2N2S5. The fourth-order valence-corrected chi connectivity index (χ4v) is 15.7. The summed E-state index contributed by atoms with van der Waals surface area (Å²) in [6.07, 6.45) is 39.5. The van der Waals surface area contributed by atoms with Crippen LogP contribution in [0, 0.1) is 37.3 Å². The maximum atomic E-state index is 17.4. The molecule has 6 aromatic rings. The van der Waals surface area contributed by atoms with E-state index in [1.54, 1.807) is 45.3 Å². The Kier molecular flexibility index (Phi) is 25.6. The third-order valence-electron chi connectivity index (χ3n) is 14.8. The minimum absolute atomic E-state index is 0.276. The highest BCUT2D eigenvalue weighted by Gasteiger charge is 2.30. The molecule has 0 saturated carbocycles. The lowest BCUT2D eigenvalue weighted by atomic mass is 9.88. The molecule has 2 nitrogen and oxygen atoms in total. The maximum absolute atomic E-state index is 17.4. The molecule has 386 valence electrons. The predicted molar refractivity (Wildman–Crippen MR) is 311 cm³/mol. The summed E-state index contributed by atoms with van der Waals surface area (Å²) < 4.78 is 44.4. The van der Waals surface area contributed by atoms with Crippen LogP contribution < -0.4 is 0 Å². The number of fused-ring (bicyclic) bond motifs is 1. The number of benzene rings is 1. The molecule has 0 radical (unpaired) electrons. The van der Waals surface area contributed by atoms with Gasteiger partial charge in [0.05, 0.1) is 22.9 Å². The van der Waals surface area contributed by atoms with E-state index >= 15 is 8.78 Å². The Morgan fingerprint density at radius 2 is 0.714 bits per heavy atom. The van der Waals surface area contributed by atoms with Crippen LogP contribution in [0.4, 0.5) is 8.78 Å². The summed E-state index contributed by atoms with van der Waals surface area (Å²) in [6, 6.07) is 13.2. The fourth-order valence-electron chi connectivity index (χ4n) is 10.7. The molecule has 5 heterocycles. The van der Waals surface area contributed by atoms with Gasteiger partial charge in [-0.15, -0.1) is 45.3 Å². The van der Waals surface area contributed by atoms with Gasteiger partial charge in [-0.25, -0.2) is 8.78 Å². The van der Waals surface area contributed by atoms with Gasteiger partial charge < -0.3 is 0 Å². The second-order valence-electron chi connectivity index (χ2n) is 20.8. The molecule has 2 atom stereocenters. The number of nitrogens with zero attached hydrogens (tertiary/aromatic N) is 2. The average molecular weight is 1050 g/mol. The molecule has 5 aromatic heterocycles. The number of hydrogen-bond donors (Lipinski definition) is 0. The van der Waals surface area contributed by atoms with Gasteiger partial charge in [0.25, 0.3) is 0 Å². The van der Waals surface area contributed by atoms with Crippen LogP contribution in [-0.2, 0) is 12.8 Å². The highest BCUT2D eigenvalue weighted by Crippen LogP contribution is 2.50. The number of halogens is 2. The van der Waals surface area contributed by atoms with Gasteiger partial charge in [0.1, 0.15) is 11.0 Å². The summed E-state index contributed by atoms with van der Waals surface area (Å²) in [5.41, 5.74) is 4.07. The van der Waals surface area contributed by atoms with Crippen molar-refractivity contribution in [3.8, 4) is 40.4 Å². The Balaban J connectivity index is 1.32. The molecule has 0 aliphatic rings. The molecule has 2 unspecified atom stereocenters. The van der Waals surface area contributed by atoms with Crippen molar-refractivity contribution in [1.82, 2.24) is 8.75 Å². The maximum Gasteiger partial charge on any atom is 0.170 e. The van der Waals surface area contributed by atoms with Crippen LogP contribution >= 0.6 is 57.1 Å². The van der Waals surface area contributed by atoms with E-state index < -0.39 is 11.6 Å². The smallest absolute Gasteiger partial charge is 0.170 e. The molecule has 1 aromatic carbocycles. The molecule has 0 amide bonds. The average Bonchev–Trinajstić information content (AvgIpc) is 4.22. The number of aromatic nitrogens is 2. The molecule has 6 rings (SSSR count). The third-order valence-corrected chi connectivity index (χ3v) is 20.0. The number of rotatable bonds is 37. The first kappa shape index (κ1) is 57.0. The lowest BCUT2D eigenvalue weighted by Gasteiger charge is -2.17. The van der Waals surface area contributed by atoms with Crippen molar-refractivity contribution in [1.29, 1.82) is 0 Å². The summed E-state index contributed by atoms with van der Waals surface area (Å²) in [6.45, 7) is 13.5. The van der Waals surface area contributed by atoms with Crippen molar-refractivity contribution < 1.29 is 8.78 Å². The molecular weight excluding hydrogens is 959 g/mol. The zero-order valence-electron chi connectivity index (χ0n) is 44.2. The van der Waals surface area contributed by atoms with Crippen LogP contribution in [-0.4, -0.2) is 8.75 Å². The highest BCUT2D eigenvalue weighted by atomic mass is 32.1. The quantitative estimate of drug-likeness (QED) is 0.0363. The molecule has 0 N–H and O–H groups in total. The minimum Gasteiger partial charge on any atom is -0.203 e. The van der Waals surface area contributed by atoms with Crippen molar-refractivity contribution in [2.75, 3.05) is 0 Å². The van der Waals surface area contributed by atoms with Crippen molar-refractivity contribution in [2.24, 2.45) is 11.8 Å². The van der Waals surface area contributed by atoms with Gasteiger partial charge in [0.15, 0.2) is 11.6 Å². The Hall–Kier alpha value is -2.30. The largest absolute Gasteiger partial charge is 0.203 e. The first-order chi connectivity index (χ1) is 34.3. The lowest BCUT2D eigenvalue weighted by molar-refractivity contribution is 0.401. The normalized spacial score (nSPS) is 12.8. The first-order valence-corrected chi connectivity index (χ1v) is 32.3. The molecule has 9 heteroatoms. The predicted octanol–water partition coefficient (Wildman–Crippen LogP) is 23.2. The Bertz CT molecular complexity index is 2380. The van der Waals surface area contributed by atoms with E-state index in [2.05, 4.69) is 77.9 Å². The molecule has 0 aliphatic carbocycles. The Morgan fingerprint density at radius 1 is 0.400 bits per heavy atom. The summed E-state index contributed by atoms with van der Waals surface area (Å²) in [7, 11) is 0. The topological polar surface area (TPSA) is 25.8 Å². The van der Waals surface area contributed by atoms with Gasteiger partial charge in [-0.2, -0.15) is 8.75 Å². The molecule has 70 heavy (non-hydrogen) atoms. The SMILES string of the molecule is CCCCCCCCCCC(CCCCCCCC)Cc1cc(-c2c(F)c(F)c(-c3cc(CC(CCCCCCC)CCCCCCCC)c(-c4ccc(C)s4)s3)c3nsnc23)sc1-c1ccc(C)s1. The van der Waals surface area contributed by atoms with E-state index in [1.165, 1.54) is 227 Å². The molecule has 0 saturated heterocycles. The third kappa shape index (κ3) is 17.1. The van der Waals surface area contributed by atoms with Crippen molar-refractivity contribution in [2.45, 2.75) is 241 Å². The van der Waals surface area contributed by atoms with Gasteiger partial charge in [0, 0.05) is 39.0 Å². The van der Waals surface area contributed by atoms with Gasteiger partial charge in [-0.3, -0.25) is 0 Å². The van der Waals surface area contributed by atoms with E-state index in [0.717, 1.165) is 34.3 Å². The van der Waals surface area contributed by atoms with Crippen molar-refractivity contribution in [3.05, 3.63) is 68.9 Å². The van der Waals surface area contributed by atoms with Crippen LogP contribution in [0.1, 0.15) is 235 Å². The minimum atomic E-state index is -0.796. The first-order valence-electron chi connectivity index (χ1n) is 28.3. The Labute approximate surface area is 444 Å². The molecule has 0 spiro atoms. The molecule has 0 aliphatic heterocycles. The number of unbranched alkanes of at least 4 members (excludes halogenated alkanes) is 21. The van der Waals surface area contributed by atoms with Crippen LogP contribution in [0.5, 0.6) is 0 Å². The summed E-state index contributed by atoms with van der Waals surface area (Å²) >= 11 is 7.92. The van der Waals surface area contributed by atoms with E-state index in [9.17, 15) is 0 Å². The van der Waals surface area contributed by atoms with E-state index in [0.29, 0.717) is 22.9 Å². The van der Waals surface area contributed by atoms with Gasteiger partial charge in [-0.1, -0.05) is 214 Å². The second kappa shape index (κ2) is 31.4. The fraction of sp³-hybridized carbons (Fsp3) is 0.639. The molecule has 0 fully saturated rings. The van der Waals surface area contributed by atoms with Crippen LogP contribution in [0.15, 0.2) is 36.4 Å². The van der Waals surface area contributed by atoms with Gasteiger partial charge in [-0.05, 0) is 86.1 Å².